The Morgan fingerprint density at radius 3 is 2.95 bits per heavy atom. The first-order valence-corrected chi connectivity index (χ1v) is 6.88. The maximum absolute atomic E-state index is 4.46. The van der Waals surface area contributed by atoms with Crippen LogP contribution in [-0.4, -0.2) is 30.6 Å². The Morgan fingerprint density at radius 2 is 2.26 bits per heavy atom. The molecular weight excluding hydrogens is 240 g/mol. The first kappa shape index (κ1) is 12.3. The third kappa shape index (κ3) is 2.84. The van der Waals surface area contributed by atoms with Gasteiger partial charge in [-0.05, 0) is 25.3 Å². The summed E-state index contributed by atoms with van der Waals surface area (Å²) in [5.41, 5.74) is 2.28. The molecule has 2 heterocycles. The van der Waals surface area contributed by atoms with Crippen molar-refractivity contribution in [3.8, 4) is 0 Å². The summed E-state index contributed by atoms with van der Waals surface area (Å²) in [7, 11) is 1.98. The highest BCUT2D eigenvalue weighted by atomic mass is 15.4. The van der Waals surface area contributed by atoms with E-state index in [1.165, 1.54) is 12.8 Å². The lowest BCUT2D eigenvalue weighted by molar-refractivity contribution is 0.560. The van der Waals surface area contributed by atoms with Gasteiger partial charge in [0.05, 0.1) is 24.5 Å². The van der Waals surface area contributed by atoms with Gasteiger partial charge in [0.15, 0.2) is 0 Å². The molecule has 1 aliphatic carbocycles. The second-order valence-electron chi connectivity index (χ2n) is 5.09. The quantitative estimate of drug-likeness (QED) is 0.837. The Labute approximate surface area is 112 Å². The van der Waals surface area contributed by atoms with Crippen LogP contribution in [-0.2, 0) is 26.6 Å². The van der Waals surface area contributed by atoms with Crippen LogP contribution in [0.15, 0.2) is 12.4 Å². The molecule has 2 aromatic rings. The zero-order valence-electron chi connectivity index (χ0n) is 11.5. The Balaban J connectivity index is 1.70. The molecule has 0 unspecified atom stereocenters. The molecule has 0 bridgehead atoms. The SMILES string of the molecule is CCc1cc(Cn2ncnc2CNC2CC2)n(C)n1. The van der Waals surface area contributed by atoms with Crippen molar-refractivity contribution in [1.82, 2.24) is 29.9 Å². The van der Waals surface area contributed by atoms with Crippen LogP contribution in [0.25, 0.3) is 0 Å². The minimum Gasteiger partial charge on any atom is -0.307 e. The first-order chi connectivity index (χ1) is 9.26. The summed E-state index contributed by atoms with van der Waals surface area (Å²) < 4.78 is 3.88. The van der Waals surface area contributed by atoms with E-state index in [1.54, 1.807) is 6.33 Å². The molecule has 0 aromatic carbocycles. The Bertz CT molecular complexity index is 551. The highest BCUT2D eigenvalue weighted by Gasteiger charge is 2.21. The smallest absolute Gasteiger partial charge is 0.141 e. The summed E-state index contributed by atoms with van der Waals surface area (Å²) in [4.78, 5) is 4.33. The molecule has 0 radical (unpaired) electrons. The van der Waals surface area contributed by atoms with E-state index < -0.39 is 0 Å². The fraction of sp³-hybridized carbons (Fsp3) is 0.615. The number of aryl methyl sites for hydroxylation is 2. The van der Waals surface area contributed by atoms with E-state index in [0.717, 1.165) is 36.7 Å². The Morgan fingerprint density at radius 1 is 1.42 bits per heavy atom. The monoisotopic (exact) mass is 260 g/mol. The minimum absolute atomic E-state index is 0.688. The average molecular weight is 260 g/mol. The van der Waals surface area contributed by atoms with Crippen LogP contribution in [0.2, 0.25) is 0 Å². The lowest BCUT2D eigenvalue weighted by atomic mass is 10.3. The number of hydrogen-bond acceptors (Lipinski definition) is 4. The van der Waals surface area contributed by atoms with Crippen molar-refractivity contribution in [2.75, 3.05) is 0 Å². The van der Waals surface area contributed by atoms with E-state index in [0.29, 0.717) is 6.04 Å². The van der Waals surface area contributed by atoms with Gasteiger partial charge in [0.1, 0.15) is 12.2 Å². The molecule has 0 atom stereocenters. The molecule has 0 saturated heterocycles. The maximum Gasteiger partial charge on any atom is 0.141 e. The van der Waals surface area contributed by atoms with Crippen LogP contribution >= 0.6 is 0 Å². The van der Waals surface area contributed by atoms with E-state index in [4.69, 9.17) is 0 Å². The second-order valence-corrected chi connectivity index (χ2v) is 5.09. The highest BCUT2D eigenvalue weighted by Crippen LogP contribution is 2.19. The number of nitrogens with zero attached hydrogens (tertiary/aromatic N) is 5. The van der Waals surface area contributed by atoms with Crippen molar-refractivity contribution in [1.29, 1.82) is 0 Å². The number of rotatable bonds is 6. The second kappa shape index (κ2) is 5.13. The molecule has 0 spiro atoms. The van der Waals surface area contributed by atoms with Gasteiger partial charge in [0.2, 0.25) is 0 Å². The van der Waals surface area contributed by atoms with Gasteiger partial charge in [-0.2, -0.15) is 10.2 Å². The van der Waals surface area contributed by atoms with Gasteiger partial charge in [-0.1, -0.05) is 6.92 Å². The topological polar surface area (TPSA) is 60.6 Å². The fourth-order valence-corrected chi connectivity index (χ4v) is 2.13. The molecule has 6 nitrogen and oxygen atoms in total. The molecule has 6 heteroatoms. The molecule has 102 valence electrons. The number of nitrogens with one attached hydrogen (secondary N) is 1. The van der Waals surface area contributed by atoms with Crippen molar-refractivity contribution in [2.24, 2.45) is 7.05 Å². The van der Waals surface area contributed by atoms with E-state index in [1.807, 2.05) is 16.4 Å². The minimum atomic E-state index is 0.688. The van der Waals surface area contributed by atoms with Gasteiger partial charge in [-0.3, -0.25) is 4.68 Å². The van der Waals surface area contributed by atoms with Gasteiger partial charge >= 0.3 is 0 Å². The standard InChI is InChI=1S/C13H20N6/c1-3-10-6-12(18(2)17-10)8-19-13(15-9-16-19)7-14-11-4-5-11/h6,9,11,14H,3-5,7-8H2,1-2H3. The van der Waals surface area contributed by atoms with E-state index >= 15 is 0 Å². The van der Waals surface area contributed by atoms with E-state index in [9.17, 15) is 0 Å². The zero-order chi connectivity index (χ0) is 13.2. The van der Waals surface area contributed by atoms with Gasteiger partial charge in [0.25, 0.3) is 0 Å². The van der Waals surface area contributed by atoms with Crippen LogP contribution in [0, 0.1) is 0 Å². The lowest BCUT2D eigenvalue weighted by Crippen LogP contribution is -2.20. The molecule has 3 rings (SSSR count). The highest BCUT2D eigenvalue weighted by molar-refractivity contribution is 5.10. The normalized spacial score (nSPS) is 15.1. The predicted molar refractivity (Wildman–Crippen MR) is 71.6 cm³/mol. The third-order valence-electron chi connectivity index (χ3n) is 3.52. The molecule has 19 heavy (non-hydrogen) atoms. The molecular formula is C13H20N6. The molecule has 0 amide bonds. The van der Waals surface area contributed by atoms with Crippen molar-refractivity contribution in [3.05, 3.63) is 29.6 Å². The number of aromatic nitrogens is 5. The van der Waals surface area contributed by atoms with Gasteiger partial charge in [0, 0.05) is 13.1 Å². The average Bonchev–Trinajstić information content (AvgIpc) is 3.03. The molecule has 1 N–H and O–H groups in total. The summed E-state index contributed by atoms with van der Waals surface area (Å²) in [5, 5.41) is 12.2. The van der Waals surface area contributed by atoms with Crippen molar-refractivity contribution >= 4 is 0 Å². The van der Waals surface area contributed by atoms with Gasteiger partial charge in [-0.15, -0.1) is 0 Å². The molecule has 1 fully saturated rings. The lowest BCUT2D eigenvalue weighted by Gasteiger charge is -2.07. The van der Waals surface area contributed by atoms with E-state index in [2.05, 4.69) is 33.5 Å². The Kier molecular flexibility index (Phi) is 3.33. The zero-order valence-corrected chi connectivity index (χ0v) is 11.5. The predicted octanol–water partition coefficient (Wildman–Crippen LogP) is 0.874. The first-order valence-electron chi connectivity index (χ1n) is 6.88. The van der Waals surface area contributed by atoms with Crippen LogP contribution in [0.5, 0.6) is 0 Å². The third-order valence-corrected chi connectivity index (χ3v) is 3.52. The Hall–Kier alpha value is -1.69. The van der Waals surface area contributed by atoms with Crippen LogP contribution in [0.1, 0.15) is 37.0 Å². The van der Waals surface area contributed by atoms with Crippen LogP contribution in [0.3, 0.4) is 0 Å². The number of hydrogen-bond donors (Lipinski definition) is 1. The summed E-state index contributed by atoms with van der Waals surface area (Å²) in [6.45, 7) is 3.64. The maximum atomic E-state index is 4.46. The van der Waals surface area contributed by atoms with E-state index in [-0.39, 0.29) is 0 Å². The fourth-order valence-electron chi connectivity index (χ4n) is 2.13. The summed E-state index contributed by atoms with van der Waals surface area (Å²) in [6.07, 6.45) is 5.16. The van der Waals surface area contributed by atoms with Crippen molar-refractivity contribution < 1.29 is 0 Å². The van der Waals surface area contributed by atoms with Crippen molar-refractivity contribution in [3.63, 3.8) is 0 Å². The van der Waals surface area contributed by atoms with Gasteiger partial charge in [-0.25, -0.2) is 9.67 Å². The molecule has 1 saturated carbocycles. The molecule has 1 aliphatic rings. The molecule has 0 aliphatic heterocycles. The van der Waals surface area contributed by atoms with Crippen LogP contribution in [0.4, 0.5) is 0 Å². The van der Waals surface area contributed by atoms with Crippen molar-refractivity contribution in [2.45, 2.75) is 45.3 Å². The van der Waals surface area contributed by atoms with Crippen LogP contribution < -0.4 is 5.32 Å². The largest absolute Gasteiger partial charge is 0.307 e. The summed E-state index contributed by atoms with van der Waals surface area (Å²) in [6, 6.07) is 2.83. The molecule has 2 aromatic heterocycles. The summed E-state index contributed by atoms with van der Waals surface area (Å²) in [5.74, 6) is 0.992. The van der Waals surface area contributed by atoms with Gasteiger partial charge < -0.3 is 5.32 Å². The summed E-state index contributed by atoms with van der Waals surface area (Å²) >= 11 is 0.